The van der Waals surface area contributed by atoms with E-state index < -0.39 is 0 Å². The predicted molar refractivity (Wildman–Crippen MR) is 77.8 cm³/mol. The summed E-state index contributed by atoms with van der Waals surface area (Å²) < 4.78 is 6.62. The van der Waals surface area contributed by atoms with Crippen molar-refractivity contribution in [3.05, 3.63) is 54.8 Å². The molecule has 0 spiro atoms. The van der Waals surface area contributed by atoms with Gasteiger partial charge in [0.2, 0.25) is 0 Å². The number of aromatic nitrogens is 3. The van der Waals surface area contributed by atoms with Gasteiger partial charge in [0, 0.05) is 36.3 Å². The molecule has 0 saturated heterocycles. The van der Waals surface area contributed by atoms with Crippen molar-refractivity contribution in [1.29, 1.82) is 0 Å². The number of carbonyl (C=O) groups excluding carboxylic acids is 1. The van der Waals surface area contributed by atoms with Crippen LogP contribution < -0.4 is 5.32 Å². The number of benzene rings is 1. The van der Waals surface area contributed by atoms with Crippen LogP contribution in [-0.2, 0) is 6.54 Å². The first-order chi connectivity index (χ1) is 10.3. The molecule has 2 heterocycles. The van der Waals surface area contributed by atoms with E-state index in [4.69, 9.17) is 4.52 Å². The molecule has 0 aliphatic carbocycles. The second kappa shape index (κ2) is 5.62. The van der Waals surface area contributed by atoms with E-state index in [1.807, 2.05) is 31.2 Å². The molecule has 3 rings (SSSR count). The molecule has 0 saturated carbocycles. The first kappa shape index (κ1) is 13.1. The van der Waals surface area contributed by atoms with Crippen molar-refractivity contribution in [3.8, 4) is 11.3 Å². The van der Waals surface area contributed by atoms with Gasteiger partial charge in [0.25, 0.3) is 5.91 Å². The van der Waals surface area contributed by atoms with Gasteiger partial charge in [0.1, 0.15) is 12.0 Å². The average molecular weight is 282 g/mol. The maximum Gasteiger partial charge on any atom is 0.291 e. The lowest BCUT2D eigenvalue weighted by atomic mass is 10.1. The summed E-state index contributed by atoms with van der Waals surface area (Å²) >= 11 is 0. The Balaban J connectivity index is 1.82. The molecule has 0 fully saturated rings. The van der Waals surface area contributed by atoms with E-state index in [0.717, 1.165) is 11.3 Å². The molecular weight excluding hydrogens is 268 g/mol. The number of rotatable bonds is 4. The van der Waals surface area contributed by atoms with Crippen molar-refractivity contribution in [3.63, 3.8) is 0 Å². The highest BCUT2D eigenvalue weighted by Crippen LogP contribution is 2.21. The summed E-state index contributed by atoms with van der Waals surface area (Å²) in [6.45, 7) is 2.66. The Morgan fingerprint density at radius 2 is 2.29 bits per heavy atom. The number of anilines is 1. The molecule has 106 valence electrons. The molecule has 0 bridgehead atoms. The number of aryl methyl sites for hydroxylation is 1. The molecule has 2 aromatic heterocycles. The van der Waals surface area contributed by atoms with E-state index in [1.54, 1.807) is 23.0 Å². The first-order valence-corrected chi connectivity index (χ1v) is 6.61. The van der Waals surface area contributed by atoms with E-state index in [9.17, 15) is 4.79 Å². The van der Waals surface area contributed by atoms with E-state index in [-0.39, 0.29) is 5.91 Å². The van der Waals surface area contributed by atoms with Gasteiger partial charge >= 0.3 is 0 Å². The van der Waals surface area contributed by atoms with Crippen LogP contribution in [0, 0.1) is 0 Å². The third-order valence-electron chi connectivity index (χ3n) is 3.11. The van der Waals surface area contributed by atoms with E-state index in [0.29, 0.717) is 18.1 Å². The fourth-order valence-electron chi connectivity index (χ4n) is 2.08. The zero-order chi connectivity index (χ0) is 14.7. The highest BCUT2D eigenvalue weighted by molar-refractivity contribution is 6.02. The first-order valence-electron chi connectivity index (χ1n) is 6.61. The van der Waals surface area contributed by atoms with Gasteiger partial charge in [-0.2, -0.15) is 0 Å². The quantitative estimate of drug-likeness (QED) is 0.798. The molecule has 0 unspecified atom stereocenters. The Morgan fingerprint density at radius 1 is 1.38 bits per heavy atom. The molecule has 3 aromatic rings. The number of hydrogen-bond donors (Lipinski definition) is 1. The van der Waals surface area contributed by atoms with Gasteiger partial charge in [-0.1, -0.05) is 17.3 Å². The number of amides is 1. The maximum absolute atomic E-state index is 12.2. The largest absolute Gasteiger partial charge is 0.364 e. The second-order valence-corrected chi connectivity index (χ2v) is 4.46. The summed E-state index contributed by atoms with van der Waals surface area (Å²) in [6, 6.07) is 9.19. The van der Waals surface area contributed by atoms with E-state index in [1.165, 1.54) is 6.26 Å². The molecule has 6 nitrogen and oxygen atoms in total. The average Bonchev–Trinajstić information content (AvgIpc) is 3.18. The highest BCUT2D eigenvalue weighted by Gasteiger charge is 2.12. The van der Waals surface area contributed by atoms with Crippen LogP contribution in [0.15, 0.2) is 53.5 Å². The summed E-state index contributed by atoms with van der Waals surface area (Å²) in [5.74, 6) is 0.156. The van der Waals surface area contributed by atoms with Crippen molar-refractivity contribution in [1.82, 2.24) is 14.7 Å². The molecule has 0 aliphatic rings. The lowest BCUT2D eigenvalue weighted by Crippen LogP contribution is -2.17. The standard InChI is InChI=1S/C15H14N4O2/c1-2-19-8-7-16-14(19)15(20)17-12-5-3-4-11(10-12)13-6-9-21-18-13/h3-10H,2H2,1H3,(H,17,20). The zero-order valence-corrected chi connectivity index (χ0v) is 11.5. The number of carbonyl (C=O) groups is 1. The van der Waals surface area contributed by atoms with Crippen molar-refractivity contribution in [2.45, 2.75) is 13.5 Å². The highest BCUT2D eigenvalue weighted by atomic mass is 16.5. The molecule has 0 aliphatic heterocycles. The summed E-state index contributed by atoms with van der Waals surface area (Å²) in [7, 11) is 0. The van der Waals surface area contributed by atoms with Crippen LogP contribution in [0.3, 0.4) is 0 Å². The van der Waals surface area contributed by atoms with Crippen molar-refractivity contribution in [2.24, 2.45) is 0 Å². The van der Waals surface area contributed by atoms with E-state index in [2.05, 4.69) is 15.5 Å². The Labute approximate surface area is 121 Å². The van der Waals surface area contributed by atoms with E-state index >= 15 is 0 Å². The van der Waals surface area contributed by atoms with Gasteiger partial charge in [-0.05, 0) is 19.1 Å². The Kier molecular flexibility index (Phi) is 3.51. The predicted octanol–water partition coefficient (Wildman–Crippen LogP) is 2.81. The summed E-state index contributed by atoms with van der Waals surface area (Å²) in [5.41, 5.74) is 2.28. The Bertz CT molecular complexity index is 747. The molecule has 1 N–H and O–H groups in total. The molecule has 21 heavy (non-hydrogen) atoms. The van der Waals surface area contributed by atoms with Crippen molar-refractivity contribution >= 4 is 11.6 Å². The van der Waals surface area contributed by atoms with Crippen LogP contribution in [0.4, 0.5) is 5.69 Å². The number of hydrogen-bond acceptors (Lipinski definition) is 4. The smallest absolute Gasteiger partial charge is 0.291 e. The Hall–Kier alpha value is -2.89. The lowest BCUT2D eigenvalue weighted by molar-refractivity contribution is 0.101. The second-order valence-electron chi connectivity index (χ2n) is 4.46. The molecule has 0 atom stereocenters. The van der Waals surface area contributed by atoms with Gasteiger partial charge < -0.3 is 14.4 Å². The fourth-order valence-corrected chi connectivity index (χ4v) is 2.08. The summed E-state index contributed by atoms with van der Waals surface area (Å²) in [5, 5.41) is 6.72. The molecule has 1 amide bonds. The summed E-state index contributed by atoms with van der Waals surface area (Å²) in [4.78, 5) is 16.3. The molecule has 0 radical (unpaired) electrons. The van der Waals surface area contributed by atoms with Crippen molar-refractivity contribution < 1.29 is 9.32 Å². The zero-order valence-electron chi connectivity index (χ0n) is 11.5. The monoisotopic (exact) mass is 282 g/mol. The minimum Gasteiger partial charge on any atom is -0.364 e. The molecular formula is C15H14N4O2. The van der Waals surface area contributed by atoms with Gasteiger partial charge in [-0.15, -0.1) is 0 Å². The fraction of sp³-hybridized carbons (Fsp3) is 0.133. The topological polar surface area (TPSA) is 73.0 Å². The van der Waals surface area contributed by atoms with Gasteiger partial charge in [-0.25, -0.2) is 4.98 Å². The Morgan fingerprint density at radius 3 is 3.05 bits per heavy atom. The maximum atomic E-state index is 12.2. The van der Waals surface area contributed by atoms with Crippen molar-refractivity contribution in [2.75, 3.05) is 5.32 Å². The van der Waals surface area contributed by atoms with Gasteiger partial charge in [0.05, 0.1) is 0 Å². The SMILES string of the molecule is CCn1ccnc1C(=O)Nc1cccc(-c2ccon2)c1. The van der Waals surface area contributed by atoms with Crippen LogP contribution in [0.2, 0.25) is 0 Å². The number of imidazole rings is 1. The van der Waals surface area contributed by atoms with Crippen LogP contribution in [0.5, 0.6) is 0 Å². The molecule has 6 heteroatoms. The third kappa shape index (κ3) is 2.69. The number of nitrogens with one attached hydrogen (secondary N) is 1. The minimum absolute atomic E-state index is 0.237. The minimum atomic E-state index is -0.237. The van der Waals surface area contributed by atoms with Crippen LogP contribution in [0.1, 0.15) is 17.5 Å². The van der Waals surface area contributed by atoms with Crippen LogP contribution in [0.25, 0.3) is 11.3 Å². The molecule has 1 aromatic carbocycles. The number of nitrogens with zero attached hydrogens (tertiary/aromatic N) is 3. The van der Waals surface area contributed by atoms with Crippen LogP contribution in [-0.4, -0.2) is 20.6 Å². The normalized spacial score (nSPS) is 10.5. The summed E-state index contributed by atoms with van der Waals surface area (Å²) in [6.07, 6.45) is 4.91. The lowest BCUT2D eigenvalue weighted by Gasteiger charge is -2.07. The van der Waals surface area contributed by atoms with Gasteiger partial charge in [-0.3, -0.25) is 4.79 Å². The van der Waals surface area contributed by atoms with Gasteiger partial charge in [0.15, 0.2) is 5.82 Å². The third-order valence-corrected chi connectivity index (χ3v) is 3.11. The van der Waals surface area contributed by atoms with Crippen LogP contribution >= 0.6 is 0 Å².